The van der Waals surface area contributed by atoms with E-state index in [1.165, 1.54) is 56.9 Å². The van der Waals surface area contributed by atoms with Gasteiger partial charge in [-0.3, -0.25) is 0 Å². The van der Waals surface area contributed by atoms with Gasteiger partial charge in [0.15, 0.2) is 0 Å². The normalized spacial score (nSPS) is 24.5. The van der Waals surface area contributed by atoms with Crippen molar-refractivity contribution in [1.82, 2.24) is 5.32 Å². The average Bonchev–Trinajstić information content (AvgIpc) is 2.52. The number of rotatable bonds is 7. The summed E-state index contributed by atoms with van der Waals surface area (Å²) in [6, 6.07) is 12.3. The first-order valence-electron chi connectivity index (χ1n) is 8.66. The minimum absolute atomic E-state index is 0.549. The van der Waals surface area contributed by atoms with E-state index in [4.69, 9.17) is 0 Å². The van der Waals surface area contributed by atoms with E-state index in [2.05, 4.69) is 49.5 Å². The third-order valence-corrected chi connectivity index (χ3v) is 4.90. The Bertz CT molecular complexity index is 359. The molecule has 0 aromatic heterocycles. The summed E-state index contributed by atoms with van der Waals surface area (Å²) >= 11 is 0. The van der Waals surface area contributed by atoms with Crippen LogP contribution in [0.2, 0.25) is 0 Å². The largest absolute Gasteiger partial charge is 0.307 e. The van der Waals surface area contributed by atoms with Gasteiger partial charge in [0.1, 0.15) is 0 Å². The lowest BCUT2D eigenvalue weighted by atomic mass is 9.82. The molecule has 1 aliphatic carbocycles. The van der Waals surface area contributed by atoms with E-state index in [0.29, 0.717) is 6.04 Å². The minimum Gasteiger partial charge on any atom is -0.307 e. The molecule has 1 fully saturated rings. The van der Waals surface area contributed by atoms with Crippen molar-refractivity contribution in [3.8, 4) is 0 Å². The van der Waals surface area contributed by atoms with E-state index in [1.54, 1.807) is 0 Å². The molecule has 0 bridgehead atoms. The molecule has 0 saturated heterocycles. The van der Waals surface area contributed by atoms with Gasteiger partial charge in [0.2, 0.25) is 0 Å². The zero-order valence-electron chi connectivity index (χ0n) is 13.3. The molecule has 0 radical (unpaired) electrons. The summed E-state index contributed by atoms with van der Waals surface area (Å²) in [7, 11) is 0. The van der Waals surface area contributed by atoms with Gasteiger partial charge >= 0.3 is 0 Å². The van der Waals surface area contributed by atoms with Crippen molar-refractivity contribution < 1.29 is 0 Å². The van der Waals surface area contributed by atoms with Crippen LogP contribution in [0.4, 0.5) is 0 Å². The predicted octanol–water partition coefficient (Wildman–Crippen LogP) is 5.48. The highest BCUT2D eigenvalue weighted by Crippen LogP contribution is 2.30. The molecular formula is C19H31N. The first-order chi connectivity index (χ1) is 9.85. The summed E-state index contributed by atoms with van der Waals surface area (Å²) < 4.78 is 0. The van der Waals surface area contributed by atoms with Crippen LogP contribution < -0.4 is 5.32 Å². The second-order valence-electron chi connectivity index (χ2n) is 6.33. The summed E-state index contributed by atoms with van der Waals surface area (Å²) in [5.74, 6) is 0.886. The molecule has 1 nitrogen and oxygen atoms in total. The molecule has 0 aliphatic heterocycles. The highest BCUT2D eigenvalue weighted by atomic mass is 15.0. The Balaban J connectivity index is 2.03. The molecule has 0 heterocycles. The Labute approximate surface area is 125 Å². The Morgan fingerprint density at radius 2 is 1.85 bits per heavy atom. The van der Waals surface area contributed by atoms with Crippen molar-refractivity contribution >= 4 is 0 Å². The molecule has 3 unspecified atom stereocenters. The number of benzene rings is 1. The Kier molecular flexibility index (Phi) is 6.59. The maximum absolute atomic E-state index is 4.01. The maximum Gasteiger partial charge on any atom is 0.0322 e. The van der Waals surface area contributed by atoms with Crippen LogP contribution >= 0.6 is 0 Å². The minimum atomic E-state index is 0.549. The fourth-order valence-electron chi connectivity index (χ4n) is 3.61. The number of hydrogen-bond acceptors (Lipinski definition) is 1. The molecule has 1 aliphatic rings. The van der Waals surface area contributed by atoms with Gasteiger partial charge in [-0.15, -0.1) is 0 Å². The molecule has 112 valence electrons. The van der Waals surface area contributed by atoms with E-state index in [0.717, 1.165) is 12.0 Å². The van der Waals surface area contributed by atoms with Gasteiger partial charge in [0.05, 0.1) is 0 Å². The molecule has 1 aromatic carbocycles. The summed E-state index contributed by atoms with van der Waals surface area (Å²) in [5, 5.41) is 4.01. The van der Waals surface area contributed by atoms with Crippen LogP contribution in [0.3, 0.4) is 0 Å². The van der Waals surface area contributed by atoms with Crippen LogP contribution in [-0.2, 0) is 0 Å². The van der Waals surface area contributed by atoms with Crippen LogP contribution in [0.5, 0.6) is 0 Å². The molecule has 1 heteroatoms. The van der Waals surface area contributed by atoms with Crippen LogP contribution in [0, 0.1) is 5.92 Å². The Morgan fingerprint density at radius 1 is 1.10 bits per heavy atom. The average molecular weight is 273 g/mol. The van der Waals surface area contributed by atoms with E-state index < -0.39 is 0 Å². The van der Waals surface area contributed by atoms with E-state index in [9.17, 15) is 0 Å². The highest BCUT2D eigenvalue weighted by Gasteiger charge is 2.26. The van der Waals surface area contributed by atoms with Gasteiger partial charge in [-0.1, -0.05) is 76.3 Å². The lowest BCUT2D eigenvalue weighted by Gasteiger charge is -2.35. The smallest absolute Gasteiger partial charge is 0.0322 e. The summed E-state index contributed by atoms with van der Waals surface area (Å²) in [6.07, 6.45) is 10.8. The fraction of sp³-hybridized carbons (Fsp3) is 0.684. The van der Waals surface area contributed by atoms with Crippen molar-refractivity contribution in [2.24, 2.45) is 5.92 Å². The molecule has 0 spiro atoms. The zero-order valence-corrected chi connectivity index (χ0v) is 13.3. The monoisotopic (exact) mass is 273 g/mol. The van der Waals surface area contributed by atoms with Crippen molar-refractivity contribution in [3.63, 3.8) is 0 Å². The molecule has 1 aromatic rings. The second-order valence-corrected chi connectivity index (χ2v) is 6.33. The van der Waals surface area contributed by atoms with Crippen molar-refractivity contribution in [1.29, 1.82) is 0 Å². The third kappa shape index (κ3) is 4.34. The lowest BCUT2D eigenvalue weighted by molar-refractivity contribution is 0.232. The summed E-state index contributed by atoms with van der Waals surface area (Å²) in [6.45, 7) is 4.64. The molecule has 0 amide bonds. The van der Waals surface area contributed by atoms with Gasteiger partial charge in [-0.25, -0.2) is 0 Å². The van der Waals surface area contributed by atoms with Crippen LogP contribution in [0.15, 0.2) is 30.3 Å². The maximum atomic E-state index is 4.01. The van der Waals surface area contributed by atoms with Gasteiger partial charge in [0, 0.05) is 12.1 Å². The Hall–Kier alpha value is -0.820. The molecule has 2 rings (SSSR count). The van der Waals surface area contributed by atoms with Crippen LogP contribution in [0.25, 0.3) is 0 Å². The van der Waals surface area contributed by atoms with Gasteiger partial charge < -0.3 is 5.32 Å². The van der Waals surface area contributed by atoms with Crippen LogP contribution in [0.1, 0.15) is 76.8 Å². The molecule has 20 heavy (non-hydrogen) atoms. The summed E-state index contributed by atoms with van der Waals surface area (Å²) in [5.41, 5.74) is 1.47. The van der Waals surface area contributed by atoms with E-state index in [1.807, 2.05) is 0 Å². The number of nitrogens with one attached hydrogen (secondary N) is 1. The number of hydrogen-bond donors (Lipinski definition) is 1. The quantitative estimate of drug-likeness (QED) is 0.694. The predicted molar refractivity (Wildman–Crippen MR) is 87.9 cm³/mol. The van der Waals surface area contributed by atoms with E-state index in [-0.39, 0.29) is 0 Å². The first kappa shape index (κ1) is 15.6. The number of unbranched alkanes of at least 4 members (excludes halogenated alkanes) is 1. The van der Waals surface area contributed by atoms with Gasteiger partial charge in [-0.2, -0.15) is 0 Å². The van der Waals surface area contributed by atoms with Crippen molar-refractivity contribution in [2.75, 3.05) is 0 Å². The Morgan fingerprint density at radius 3 is 2.55 bits per heavy atom. The fourth-order valence-corrected chi connectivity index (χ4v) is 3.61. The van der Waals surface area contributed by atoms with Crippen molar-refractivity contribution in [3.05, 3.63) is 35.9 Å². The van der Waals surface area contributed by atoms with E-state index >= 15 is 0 Å². The zero-order chi connectivity index (χ0) is 14.2. The summed E-state index contributed by atoms with van der Waals surface area (Å²) in [4.78, 5) is 0. The standard InChI is InChI=1S/C19H31N/c1-3-5-14-19(17-12-7-6-8-13-17)20-18-15-10-9-11-16(18)4-2/h6-8,12-13,16,18-20H,3-5,9-11,14-15H2,1-2H3. The van der Waals surface area contributed by atoms with Gasteiger partial charge in [0.25, 0.3) is 0 Å². The molecule has 3 atom stereocenters. The third-order valence-electron chi connectivity index (χ3n) is 4.90. The highest BCUT2D eigenvalue weighted by molar-refractivity contribution is 5.19. The molecular weight excluding hydrogens is 242 g/mol. The molecule has 1 saturated carbocycles. The SMILES string of the molecule is CCCCC(NC1CCCCC1CC)c1ccccc1. The second kappa shape index (κ2) is 8.46. The molecule has 1 N–H and O–H groups in total. The van der Waals surface area contributed by atoms with Crippen molar-refractivity contribution in [2.45, 2.75) is 77.3 Å². The van der Waals surface area contributed by atoms with Crippen LogP contribution in [-0.4, -0.2) is 6.04 Å². The lowest BCUT2D eigenvalue weighted by Crippen LogP contribution is -2.40. The van der Waals surface area contributed by atoms with Gasteiger partial charge in [-0.05, 0) is 30.7 Å². The first-order valence-corrected chi connectivity index (χ1v) is 8.66. The topological polar surface area (TPSA) is 12.0 Å².